The predicted molar refractivity (Wildman–Crippen MR) is 216 cm³/mol. The number of carbonyl (C=O) groups is 2. The Morgan fingerprint density at radius 2 is 1.36 bits per heavy atom. The number of ether oxygens (including phenoxy) is 1. The van der Waals surface area contributed by atoms with Crippen LogP contribution in [-0.2, 0) is 30.1 Å². The molecule has 1 aliphatic carbocycles. The van der Waals surface area contributed by atoms with E-state index in [1.165, 1.54) is 36.4 Å². The summed E-state index contributed by atoms with van der Waals surface area (Å²) in [5, 5.41) is 10.4. The van der Waals surface area contributed by atoms with Crippen LogP contribution in [0.5, 0.6) is 11.5 Å². The Bertz CT molecular complexity index is 2940. The zero-order chi connectivity index (χ0) is 40.3. The summed E-state index contributed by atoms with van der Waals surface area (Å²) in [4.78, 5) is 43.6. The van der Waals surface area contributed by atoms with Crippen molar-refractivity contribution in [2.45, 2.75) is 12.8 Å². The molecule has 0 aliphatic heterocycles. The van der Waals surface area contributed by atoms with Crippen LogP contribution in [-0.4, -0.2) is 51.1 Å². The van der Waals surface area contributed by atoms with Crippen LogP contribution >= 0.6 is 11.6 Å². The van der Waals surface area contributed by atoms with Gasteiger partial charge >= 0.3 is 0 Å². The number of hydrogen-bond acceptors (Lipinski definition) is 9. The Morgan fingerprint density at radius 1 is 0.724 bits per heavy atom. The van der Waals surface area contributed by atoms with Crippen molar-refractivity contribution in [3.05, 3.63) is 162 Å². The molecule has 9 rings (SSSR count). The van der Waals surface area contributed by atoms with Crippen LogP contribution in [0.25, 0.3) is 49.9 Å². The second kappa shape index (κ2) is 16.1. The molecule has 0 atom stereocenters. The Labute approximate surface area is 335 Å². The van der Waals surface area contributed by atoms with Crippen LogP contribution in [0.15, 0.2) is 134 Å². The van der Waals surface area contributed by atoms with Gasteiger partial charge in [0.1, 0.15) is 11.6 Å². The Morgan fingerprint density at radius 3 is 2.00 bits per heavy atom. The predicted octanol–water partition coefficient (Wildman–Crippen LogP) is 8.88. The number of aromatic nitrogens is 8. The highest BCUT2D eigenvalue weighted by atomic mass is 35.5. The maximum atomic E-state index is 15.1. The van der Waals surface area contributed by atoms with Gasteiger partial charge in [-0.2, -0.15) is 10.2 Å². The van der Waals surface area contributed by atoms with Gasteiger partial charge in [0.2, 0.25) is 0 Å². The van der Waals surface area contributed by atoms with E-state index in [1.54, 1.807) is 76.9 Å². The average molecular weight is 793 g/mol. The summed E-state index contributed by atoms with van der Waals surface area (Å²) in [6, 6.07) is 16.9. The number of halogens is 3. The van der Waals surface area contributed by atoms with Crippen molar-refractivity contribution in [2.75, 3.05) is 0 Å². The molecule has 0 saturated carbocycles. The molecule has 0 bridgehead atoms. The SMILES string of the molecule is Cn1cc(-c2cc3nccc(Cl)c3cn2)cn1.Cn1cc(-c2cc3nccc(Oc4ccc(CC(=O)C5=CCC=C(c6ccc(F)cc6)C5=O)cc4F)c3cn2)cn1. The number of benzene rings is 2. The van der Waals surface area contributed by atoms with Crippen LogP contribution in [0.4, 0.5) is 8.78 Å². The lowest BCUT2D eigenvalue weighted by atomic mass is 9.88. The minimum Gasteiger partial charge on any atom is -0.453 e. The molecule has 6 heterocycles. The van der Waals surface area contributed by atoms with E-state index in [4.69, 9.17) is 16.3 Å². The van der Waals surface area contributed by atoms with E-state index in [-0.39, 0.29) is 17.7 Å². The Balaban J connectivity index is 0.000000229. The fraction of sp³-hybridized carbons (Fsp3) is 0.0909. The molecule has 0 fully saturated rings. The number of Topliss-reactive ketones (excluding diaryl/α,β-unsaturated/α-hetero) is 2. The van der Waals surface area contributed by atoms with Crippen LogP contribution in [0.2, 0.25) is 5.02 Å². The highest BCUT2D eigenvalue weighted by Crippen LogP contribution is 2.33. The number of rotatable bonds is 8. The summed E-state index contributed by atoms with van der Waals surface area (Å²) in [7, 11) is 3.69. The van der Waals surface area contributed by atoms with Crippen molar-refractivity contribution in [3.8, 4) is 34.0 Å². The first-order valence-corrected chi connectivity index (χ1v) is 18.3. The van der Waals surface area contributed by atoms with E-state index in [2.05, 4.69) is 30.1 Å². The zero-order valence-electron chi connectivity index (χ0n) is 31.0. The molecule has 1 aliphatic rings. The smallest absolute Gasteiger partial charge is 0.196 e. The highest BCUT2D eigenvalue weighted by Gasteiger charge is 2.25. The number of pyridine rings is 4. The number of nitrogens with zero attached hydrogens (tertiary/aromatic N) is 8. The average Bonchev–Trinajstić information content (AvgIpc) is 3.87. The Kier molecular flexibility index (Phi) is 10.4. The first kappa shape index (κ1) is 37.7. The van der Waals surface area contributed by atoms with E-state index in [1.807, 2.05) is 38.6 Å². The van der Waals surface area contributed by atoms with Crippen LogP contribution in [0.3, 0.4) is 0 Å². The molecule has 0 spiro atoms. The molecule has 11 nitrogen and oxygen atoms in total. The fourth-order valence-corrected chi connectivity index (χ4v) is 6.62. The summed E-state index contributed by atoms with van der Waals surface area (Å²) in [5.41, 5.74) is 6.13. The van der Waals surface area contributed by atoms with Gasteiger partial charge in [-0.3, -0.25) is 38.9 Å². The van der Waals surface area contributed by atoms with Gasteiger partial charge in [-0.1, -0.05) is 42.0 Å². The van der Waals surface area contributed by atoms with Crippen molar-refractivity contribution >= 4 is 50.5 Å². The lowest BCUT2D eigenvalue weighted by Crippen LogP contribution is -2.18. The maximum Gasteiger partial charge on any atom is 0.196 e. The molecular formula is C44H31ClF2N8O3. The number of allylic oxidation sites excluding steroid dienone is 4. The van der Waals surface area contributed by atoms with Gasteiger partial charge in [-0.15, -0.1) is 0 Å². The summed E-state index contributed by atoms with van der Waals surface area (Å²) >= 11 is 6.06. The maximum absolute atomic E-state index is 15.1. The van der Waals surface area contributed by atoms with Gasteiger partial charge in [0.25, 0.3) is 0 Å². The lowest BCUT2D eigenvalue weighted by molar-refractivity contribution is -0.118. The minimum absolute atomic E-state index is 0.0282. The van der Waals surface area contributed by atoms with Crippen molar-refractivity contribution < 1.29 is 23.1 Å². The van der Waals surface area contributed by atoms with Crippen molar-refractivity contribution in [1.82, 2.24) is 39.5 Å². The van der Waals surface area contributed by atoms with Crippen molar-refractivity contribution in [1.29, 1.82) is 0 Å². The summed E-state index contributed by atoms with van der Waals surface area (Å²) in [5.74, 6) is -1.58. The minimum atomic E-state index is -0.656. The molecule has 6 aromatic heterocycles. The number of fused-ring (bicyclic) bond motifs is 2. The molecule has 0 amide bonds. The molecule has 0 N–H and O–H groups in total. The highest BCUT2D eigenvalue weighted by molar-refractivity contribution is 6.39. The first-order chi connectivity index (χ1) is 28.1. The molecule has 0 unspecified atom stereocenters. The summed E-state index contributed by atoms with van der Waals surface area (Å²) in [6.45, 7) is 0. The molecule has 0 radical (unpaired) electrons. The molecule has 14 heteroatoms. The number of carbonyl (C=O) groups excluding carboxylic acids is 2. The molecule has 0 saturated heterocycles. The molecular weight excluding hydrogens is 762 g/mol. The van der Waals surface area contributed by atoms with Crippen LogP contribution in [0.1, 0.15) is 17.5 Å². The molecule has 286 valence electrons. The second-order valence-corrected chi connectivity index (χ2v) is 13.8. The quantitative estimate of drug-likeness (QED) is 0.139. The van der Waals surface area contributed by atoms with Gasteiger partial charge in [-0.05, 0) is 66.1 Å². The summed E-state index contributed by atoms with van der Waals surface area (Å²) in [6.07, 6.45) is 17.4. The topological polar surface area (TPSA) is 131 Å². The normalized spacial score (nSPS) is 12.5. The second-order valence-electron chi connectivity index (χ2n) is 13.4. The van der Waals surface area contributed by atoms with E-state index < -0.39 is 23.2 Å². The third-order valence-corrected chi connectivity index (χ3v) is 9.66. The lowest BCUT2D eigenvalue weighted by Gasteiger charge is -2.14. The zero-order valence-corrected chi connectivity index (χ0v) is 31.7. The van der Waals surface area contributed by atoms with Gasteiger partial charge in [0, 0.05) is 79.8 Å². The van der Waals surface area contributed by atoms with Crippen LogP contribution in [0, 0.1) is 11.6 Å². The fourth-order valence-electron chi connectivity index (χ4n) is 6.42. The largest absolute Gasteiger partial charge is 0.453 e. The standard InChI is InChI=1S/C32H22F2N4O3.C12H9ClN4/c1-38-18-21(16-37-38)27-15-28-25(17-36-27)30(11-12-35-28)41-31-10-5-19(13-26(31)34)14-29(39)24-4-2-3-23(32(24)40)20-6-8-22(33)9-7-20;1-17-7-8(5-16-17)11-4-12-9(6-15-11)10(13)2-3-14-12/h3-13,15-18H,2,14H2,1H3;2-7H,1H3. The third-order valence-electron chi connectivity index (χ3n) is 9.33. The number of hydrogen-bond donors (Lipinski definition) is 0. The number of ketones is 2. The van der Waals surface area contributed by atoms with Gasteiger partial charge in [0.05, 0.1) is 50.8 Å². The van der Waals surface area contributed by atoms with E-state index in [9.17, 15) is 14.0 Å². The van der Waals surface area contributed by atoms with Crippen molar-refractivity contribution in [3.63, 3.8) is 0 Å². The monoisotopic (exact) mass is 792 g/mol. The molecule has 2 aromatic carbocycles. The van der Waals surface area contributed by atoms with E-state index in [0.717, 1.165) is 27.7 Å². The number of aryl methyl sites for hydroxylation is 2. The Hall–Kier alpha value is -7.25. The summed E-state index contributed by atoms with van der Waals surface area (Å²) < 4.78 is 37.7. The van der Waals surface area contributed by atoms with Crippen LogP contribution < -0.4 is 4.74 Å². The van der Waals surface area contributed by atoms with Crippen molar-refractivity contribution in [2.24, 2.45) is 14.1 Å². The van der Waals surface area contributed by atoms with E-state index >= 15 is 4.39 Å². The first-order valence-electron chi connectivity index (χ1n) is 17.9. The van der Waals surface area contributed by atoms with Gasteiger partial charge < -0.3 is 4.74 Å². The van der Waals surface area contributed by atoms with Gasteiger partial charge in [0.15, 0.2) is 23.1 Å². The molecule has 58 heavy (non-hydrogen) atoms. The van der Waals surface area contributed by atoms with Gasteiger partial charge in [-0.25, -0.2) is 8.78 Å². The molecule has 8 aromatic rings. The van der Waals surface area contributed by atoms with E-state index in [0.29, 0.717) is 50.5 Å². The third kappa shape index (κ3) is 8.02.